The summed E-state index contributed by atoms with van der Waals surface area (Å²) >= 11 is 1.47. The highest BCUT2D eigenvalue weighted by Gasteiger charge is 2.34. The first-order valence-electron chi connectivity index (χ1n) is 12.5. The van der Waals surface area contributed by atoms with Gasteiger partial charge in [-0.05, 0) is 53.6 Å². The van der Waals surface area contributed by atoms with E-state index in [4.69, 9.17) is 0 Å². The summed E-state index contributed by atoms with van der Waals surface area (Å²) in [5, 5.41) is 6.15. The summed E-state index contributed by atoms with van der Waals surface area (Å²) in [5.41, 5.74) is 2.63. The van der Waals surface area contributed by atoms with E-state index >= 15 is 0 Å². The maximum Gasteiger partial charge on any atom is 0.248 e. The van der Waals surface area contributed by atoms with Crippen LogP contribution in [0.15, 0.2) is 72.2 Å². The van der Waals surface area contributed by atoms with Crippen molar-refractivity contribution in [3.8, 4) is 0 Å². The zero-order valence-electron chi connectivity index (χ0n) is 20.1. The lowest BCUT2D eigenvalue weighted by Gasteiger charge is -2.33. The Hall–Kier alpha value is -3.45. The van der Waals surface area contributed by atoms with Crippen molar-refractivity contribution >= 4 is 34.1 Å². The normalized spacial score (nSPS) is 15.0. The molecule has 0 bridgehead atoms. The summed E-state index contributed by atoms with van der Waals surface area (Å²) in [6.45, 7) is 0.210. The third-order valence-corrected chi connectivity index (χ3v) is 7.85. The topological polar surface area (TPSA) is 65.2 Å². The van der Waals surface area contributed by atoms with Gasteiger partial charge in [0.15, 0.2) is 0 Å². The molecule has 2 aromatic heterocycles. The molecule has 1 aliphatic carbocycles. The van der Waals surface area contributed by atoms with Gasteiger partial charge in [0.25, 0.3) is 0 Å². The van der Waals surface area contributed by atoms with Gasteiger partial charge in [0.1, 0.15) is 11.9 Å². The van der Waals surface area contributed by atoms with Crippen LogP contribution in [0.3, 0.4) is 0 Å². The highest BCUT2D eigenvalue weighted by molar-refractivity contribution is 7.10. The van der Waals surface area contributed by atoms with Crippen molar-refractivity contribution in [2.75, 3.05) is 0 Å². The van der Waals surface area contributed by atoms with Crippen molar-refractivity contribution in [3.63, 3.8) is 0 Å². The third kappa shape index (κ3) is 5.51. The van der Waals surface area contributed by atoms with Crippen molar-refractivity contribution < 1.29 is 14.0 Å². The van der Waals surface area contributed by atoms with E-state index in [-0.39, 0.29) is 36.6 Å². The molecule has 1 aliphatic rings. The molecule has 186 valence electrons. The average molecular weight is 504 g/mol. The standard InChI is InChI=1S/C29H30FN3O2S/c30-22-14-12-20(13-15-22)19-33(27(34)17-21-18-31-25-10-5-4-9-24(21)25)28(26-11-6-16-36-26)29(35)32-23-7-2-1-3-8-23/h4-6,9-16,18,23,28,31H,1-3,7-8,17,19H2,(H,32,35)/t28-/m0/s1. The molecule has 2 aromatic carbocycles. The van der Waals surface area contributed by atoms with E-state index in [1.165, 1.54) is 29.9 Å². The van der Waals surface area contributed by atoms with Gasteiger partial charge in [-0.1, -0.05) is 55.7 Å². The summed E-state index contributed by atoms with van der Waals surface area (Å²) in [7, 11) is 0. The SMILES string of the molecule is O=C(NC1CCCCC1)[C@H](c1cccs1)N(Cc1ccc(F)cc1)C(=O)Cc1c[nH]c2ccccc12. The fraction of sp³-hybridized carbons (Fsp3) is 0.310. The van der Waals surface area contributed by atoms with Crippen LogP contribution < -0.4 is 5.32 Å². The first-order valence-corrected chi connectivity index (χ1v) is 13.4. The smallest absolute Gasteiger partial charge is 0.248 e. The largest absolute Gasteiger partial charge is 0.361 e. The summed E-state index contributed by atoms with van der Waals surface area (Å²) in [5.74, 6) is -0.639. The Balaban J connectivity index is 1.48. The molecule has 5 rings (SSSR count). The van der Waals surface area contributed by atoms with Crippen LogP contribution in [-0.2, 0) is 22.6 Å². The lowest BCUT2D eigenvalue weighted by molar-refractivity contribution is -0.141. The van der Waals surface area contributed by atoms with E-state index in [1.54, 1.807) is 17.0 Å². The number of carbonyl (C=O) groups excluding carboxylic acids is 2. The molecular weight excluding hydrogens is 473 g/mol. The number of hydrogen-bond donors (Lipinski definition) is 2. The van der Waals surface area contributed by atoms with Gasteiger partial charge in [-0.25, -0.2) is 4.39 Å². The maximum atomic E-state index is 13.9. The number of rotatable bonds is 8. The highest BCUT2D eigenvalue weighted by Crippen LogP contribution is 2.30. The molecule has 36 heavy (non-hydrogen) atoms. The minimum absolute atomic E-state index is 0.130. The molecule has 0 unspecified atom stereocenters. The molecule has 0 aliphatic heterocycles. The van der Waals surface area contributed by atoms with Crippen LogP contribution in [0.4, 0.5) is 4.39 Å². The van der Waals surface area contributed by atoms with Gasteiger partial charge in [-0.15, -0.1) is 11.3 Å². The Bertz CT molecular complexity index is 1310. The molecule has 0 radical (unpaired) electrons. The second kappa shape index (κ2) is 11.1. The minimum atomic E-state index is -0.755. The number of para-hydroxylation sites is 1. The average Bonchev–Trinajstić information content (AvgIpc) is 3.56. The number of fused-ring (bicyclic) bond motifs is 1. The Morgan fingerprint density at radius 3 is 2.56 bits per heavy atom. The van der Waals surface area contributed by atoms with Gasteiger partial charge in [-0.2, -0.15) is 0 Å². The van der Waals surface area contributed by atoms with E-state index in [0.29, 0.717) is 0 Å². The minimum Gasteiger partial charge on any atom is -0.361 e. The van der Waals surface area contributed by atoms with E-state index in [2.05, 4.69) is 10.3 Å². The fourth-order valence-electron chi connectivity index (χ4n) is 5.05. The number of H-pyrrole nitrogens is 1. The molecule has 4 aromatic rings. The zero-order valence-corrected chi connectivity index (χ0v) is 20.9. The van der Waals surface area contributed by atoms with E-state index in [0.717, 1.165) is 52.6 Å². The van der Waals surface area contributed by atoms with Crippen molar-refractivity contribution in [2.24, 2.45) is 0 Å². The Kier molecular flexibility index (Phi) is 7.47. The van der Waals surface area contributed by atoms with Crippen LogP contribution in [0, 0.1) is 5.82 Å². The summed E-state index contributed by atoms with van der Waals surface area (Å²) in [6, 6.07) is 17.2. The van der Waals surface area contributed by atoms with Gasteiger partial charge in [0.2, 0.25) is 11.8 Å². The molecule has 7 heteroatoms. The number of nitrogens with one attached hydrogen (secondary N) is 2. The molecule has 1 atom stereocenters. The third-order valence-electron chi connectivity index (χ3n) is 6.93. The van der Waals surface area contributed by atoms with Crippen LogP contribution in [-0.4, -0.2) is 27.7 Å². The lowest BCUT2D eigenvalue weighted by Crippen LogP contribution is -2.47. The van der Waals surface area contributed by atoms with Gasteiger partial charge >= 0.3 is 0 Å². The molecule has 2 N–H and O–H groups in total. The van der Waals surface area contributed by atoms with Crippen LogP contribution in [0.1, 0.15) is 54.1 Å². The monoisotopic (exact) mass is 503 g/mol. The number of thiophene rings is 1. The van der Waals surface area contributed by atoms with Gasteiger partial charge in [0, 0.05) is 34.6 Å². The van der Waals surface area contributed by atoms with E-state index < -0.39 is 6.04 Å². The summed E-state index contributed by atoms with van der Waals surface area (Å²) in [4.78, 5) is 33.4. The number of carbonyl (C=O) groups is 2. The Morgan fingerprint density at radius 1 is 1.03 bits per heavy atom. The van der Waals surface area contributed by atoms with Crippen molar-refractivity contribution in [1.82, 2.24) is 15.2 Å². The number of amides is 2. The number of aromatic amines is 1. The Labute approximate surface area is 214 Å². The highest BCUT2D eigenvalue weighted by atomic mass is 32.1. The van der Waals surface area contributed by atoms with Gasteiger partial charge < -0.3 is 15.2 Å². The number of hydrogen-bond acceptors (Lipinski definition) is 3. The van der Waals surface area contributed by atoms with Crippen LogP contribution in [0.2, 0.25) is 0 Å². The summed E-state index contributed by atoms with van der Waals surface area (Å²) < 4.78 is 13.6. The fourth-order valence-corrected chi connectivity index (χ4v) is 5.89. The molecule has 2 heterocycles. The molecule has 0 spiro atoms. The van der Waals surface area contributed by atoms with Crippen LogP contribution >= 0.6 is 11.3 Å². The number of halogens is 1. The molecule has 2 amide bonds. The first kappa shape index (κ1) is 24.3. The lowest BCUT2D eigenvalue weighted by atomic mass is 9.95. The van der Waals surface area contributed by atoms with E-state index in [9.17, 15) is 14.0 Å². The predicted octanol–water partition coefficient (Wildman–Crippen LogP) is 6.13. The number of aromatic nitrogens is 1. The van der Waals surface area contributed by atoms with E-state index in [1.807, 2.05) is 48.0 Å². The molecule has 5 nitrogen and oxygen atoms in total. The van der Waals surface area contributed by atoms with Crippen LogP contribution in [0.25, 0.3) is 10.9 Å². The number of nitrogens with zero attached hydrogens (tertiary/aromatic N) is 1. The van der Waals surface area contributed by atoms with Crippen molar-refractivity contribution in [1.29, 1.82) is 0 Å². The Morgan fingerprint density at radius 2 is 1.81 bits per heavy atom. The summed E-state index contributed by atoms with van der Waals surface area (Å²) in [6.07, 6.45) is 7.35. The molecular formula is C29H30FN3O2S. The van der Waals surface area contributed by atoms with Crippen molar-refractivity contribution in [2.45, 2.75) is 57.2 Å². The second-order valence-corrected chi connectivity index (χ2v) is 10.4. The zero-order chi connectivity index (χ0) is 24.9. The molecule has 1 saturated carbocycles. The first-order chi connectivity index (χ1) is 17.6. The van der Waals surface area contributed by atoms with Gasteiger partial charge in [-0.3, -0.25) is 9.59 Å². The maximum absolute atomic E-state index is 13.9. The predicted molar refractivity (Wildman–Crippen MR) is 141 cm³/mol. The second-order valence-electron chi connectivity index (χ2n) is 9.45. The molecule has 1 fully saturated rings. The molecule has 0 saturated heterocycles. The van der Waals surface area contributed by atoms with Crippen LogP contribution in [0.5, 0.6) is 0 Å². The number of benzene rings is 2. The van der Waals surface area contributed by atoms with Crippen molar-refractivity contribution in [3.05, 3.63) is 94.1 Å². The van der Waals surface area contributed by atoms with Gasteiger partial charge in [0.05, 0.1) is 6.42 Å². The quantitative estimate of drug-likeness (QED) is 0.304.